The molecule has 0 aromatic heterocycles. The van der Waals surface area contributed by atoms with E-state index in [0.717, 1.165) is 43.1 Å². The van der Waals surface area contributed by atoms with Gasteiger partial charge >= 0.3 is 0 Å². The molecule has 1 aliphatic carbocycles. The summed E-state index contributed by atoms with van der Waals surface area (Å²) in [4.78, 5) is 15.6. The van der Waals surface area contributed by atoms with Crippen molar-refractivity contribution in [3.63, 3.8) is 0 Å². The van der Waals surface area contributed by atoms with Gasteiger partial charge in [0.1, 0.15) is 5.54 Å². The van der Waals surface area contributed by atoms with Crippen LogP contribution in [0, 0.1) is 5.92 Å². The molecular weight excluding hydrogens is 272 g/mol. The Kier molecular flexibility index (Phi) is 3.30. The molecule has 2 fully saturated rings. The summed E-state index contributed by atoms with van der Waals surface area (Å²) in [6.07, 6.45) is 4.71. The number of carbonyl (C=O) groups is 1. The average molecular weight is 298 g/mol. The summed E-state index contributed by atoms with van der Waals surface area (Å²) >= 11 is 0. The van der Waals surface area contributed by atoms with Gasteiger partial charge in [-0.2, -0.15) is 0 Å². The summed E-state index contributed by atoms with van der Waals surface area (Å²) in [5.74, 6) is 1.73. The molecule has 2 heterocycles. The number of ketones is 1. The molecule has 0 unspecified atom stereocenters. The molecule has 1 aromatic rings. The zero-order valence-corrected chi connectivity index (χ0v) is 13.7. The lowest BCUT2D eigenvalue weighted by atomic mass is 9.83. The van der Waals surface area contributed by atoms with Crippen molar-refractivity contribution in [3.8, 4) is 0 Å². The predicted octanol–water partition coefficient (Wildman–Crippen LogP) is 3.66. The number of hydrogen-bond acceptors (Lipinski definition) is 3. The number of likely N-dealkylation sites (tertiary alicyclic amines) is 1. The van der Waals surface area contributed by atoms with E-state index in [1.165, 1.54) is 24.9 Å². The number of fused-ring (bicyclic) bond motifs is 1. The van der Waals surface area contributed by atoms with Gasteiger partial charge in [-0.1, -0.05) is 19.9 Å². The standard InChI is InChI=1S/C19H26N2O/c1-13(2)15-5-6-17-16(11-15)18(22)19(20-17)7-9-21(10-8-19)12-14-3-4-14/h5-6,11,13-14,20H,3-4,7-10,12H2,1-2H3. The first kappa shape index (κ1) is 14.3. The first-order valence-electron chi connectivity index (χ1n) is 8.77. The number of benzene rings is 1. The van der Waals surface area contributed by atoms with E-state index in [-0.39, 0.29) is 5.54 Å². The number of rotatable bonds is 3. The lowest BCUT2D eigenvalue weighted by Gasteiger charge is -2.38. The summed E-state index contributed by atoms with van der Waals surface area (Å²) in [6.45, 7) is 7.72. The Morgan fingerprint density at radius 1 is 1.27 bits per heavy atom. The van der Waals surface area contributed by atoms with E-state index in [9.17, 15) is 4.79 Å². The lowest BCUT2D eigenvalue weighted by molar-refractivity contribution is 0.0828. The first-order chi connectivity index (χ1) is 10.6. The number of piperidine rings is 1. The Balaban J connectivity index is 1.51. The first-order valence-corrected chi connectivity index (χ1v) is 8.77. The van der Waals surface area contributed by atoms with Gasteiger partial charge < -0.3 is 10.2 Å². The Labute approximate surface area is 133 Å². The third-order valence-electron chi connectivity index (χ3n) is 5.69. The smallest absolute Gasteiger partial charge is 0.190 e. The van der Waals surface area contributed by atoms with Gasteiger partial charge in [0, 0.05) is 30.9 Å². The third kappa shape index (κ3) is 2.36. The van der Waals surface area contributed by atoms with Crippen LogP contribution in [0.3, 0.4) is 0 Å². The van der Waals surface area contributed by atoms with Crippen LogP contribution in [-0.4, -0.2) is 35.9 Å². The average Bonchev–Trinajstić information content (AvgIpc) is 3.28. The fourth-order valence-electron chi connectivity index (χ4n) is 3.93. The number of anilines is 1. The Hall–Kier alpha value is -1.35. The molecule has 1 saturated heterocycles. The van der Waals surface area contributed by atoms with E-state index in [2.05, 4.69) is 42.3 Å². The Morgan fingerprint density at radius 2 is 2.00 bits per heavy atom. The van der Waals surface area contributed by atoms with Crippen molar-refractivity contribution < 1.29 is 4.79 Å². The number of carbonyl (C=O) groups excluding carboxylic acids is 1. The third-order valence-corrected chi connectivity index (χ3v) is 5.69. The molecule has 1 aromatic carbocycles. The summed E-state index contributed by atoms with van der Waals surface area (Å²) in [5, 5.41) is 3.58. The van der Waals surface area contributed by atoms with Crippen LogP contribution in [0.25, 0.3) is 0 Å². The van der Waals surface area contributed by atoms with E-state index in [1.54, 1.807) is 0 Å². The number of nitrogens with one attached hydrogen (secondary N) is 1. The zero-order valence-electron chi connectivity index (χ0n) is 13.7. The van der Waals surface area contributed by atoms with E-state index >= 15 is 0 Å². The van der Waals surface area contributed by atoms with Gasteiger partial charge in [-0.15, -0.1) is 0 Å². The highest BCUT2D eigenvalue weighted by Crippen LogP contribution is 2.40. The maximum absolute atomic E-state index is 13.0. The second-order valence-corrected chi connectivity index (χ2v) is 7.74. The fraction of sp³-hybridized carbons (Fsp3) is 0.632. The van der Waals surface area contributed by atoms with Crippen molar-refractivity contribution in [2.24, 2.45) is 5.92 Å². The summed E-state index contributed by atoms with van der Waals surface area (Å²) < 4.78 is 0. The Bertz CT molecular complexity index is 595. The molecule has 2 aliphatic heterocycles. The van der Waals surface area contributed by atoms with Crippen LogP contribution in [0.4, 0.5) is 5.69 Å². The van der Waals surface area contributed by atoms with E-state index in [1.807, 2.05) is 0 Å². The van der Waals surface area contributed by atoms with Crippen molar-refractivity contribution >= 4 is 11.5 Å². The van der Waals surface area contributed by atoms with Crippen LogP contribution in [-0.2, 0) is 0 Å². The summed E-state index contributed by atoms with van der Waals surface area (Å²) in [7, 11) is 0. The van der Waals surface area contributed by atoms with Crippen LogP contribution in [0.5, 0.6) is 0 Å². The molecule has 1 spiro atoms. The highest BCUT2D eigenvalue weighted by molar-refractivity contribution is 6.13. The lowest BCUT2D eigenvalue weighted by Crippen LogP contribution is -2.51. The molecule has 118 valence electrons. The molecular formula is C19H26N2O. The van der Waals surface area contributed by atoms with Crippen LogP contribution in [0.15, 0.2) is 18.2 Å². The molecule has 1 saturated carbocycles. The SMILES string of the molecule is CC(C)c1ccc2c(c1)C(=O)C1(CCN(CC3CC3)CC1)N2. The molecule has 3 nitrogen and oxygen atoms in total. The van der Waals surface area contributed by atoms with Crippen LogP contribution in [0.1, 0.15) is 61.4 Å². The molecule has 1 N–H and O–H groups in total. The second-order valence-electron chi connectivity index (χ2n) is 7.74. The zero-order chi connectivity index (χ0) is 15.3. The topological polar surface area (TPSA) is 32.3 Å². The molecule has 3 aliphatic rings. The quantitative estimate of drug-likeness (QED) is 0.924. The monoisotopic (exact) mass is 298 g/mol. The van der Waals surface area contributed by atoms with Crippen molar-refractivity contribution in [1.82, 2.24) is 4.90 Å². The highest BCUT2D eigenvalue weighted by Gasteiger charge is 2.47. The number of Topliss-reactive ketones (excluding diaryl/α,β-unsaturated/α-hetero) is 1. The van der Waals surface area contributed by atoms with Gasteiger partial charge in [0.15, 0.2) is 5.78 Å². The van der Waals surface area contributed by atoms with Crippen LogP contribution in [0.2, 0.25) is 0 Å². The molecule has 3 heteroatoms. The van der Waals surface area contributed by atoms with Gasteiger partial charge in [0.25, 0.3) is 0 Å². The maximum atomic E-state index is 13.0. The van der Waals surface area contributed by atoms with E-state index in [4.69, 9.17) is 0 Å². The molecule has 4 rings (SSSR count). The molecule has 0 bridgehead atoms. The largest absolute Gasteiger partial charge is 0.372 e. The maximum Gasteiger partial charge on any atom is 0.190 e. The van der Waals surface area contributed by atoms with Crippen LogP contribution < -0.4 is 5.32 Å². The minimum absolute atomic E-state index is 0.321. The van der Waals surface area contributed by atoms with Gasteiger partial charge in [-0.3, -0.25) is 4.79 Å². The molecule has 0 radical (unpaired) electrons. The summed E-state index contributed by atoms with van der Waals surface area (Å²) in [6, 6.07) is 6.37. The summed E-state index contributed by atoms with van der Waals surface area (Å²) in [5.41, 5.74) is 2.90. The fourth-order valence-corrected chi connectivity index (χ4v) is 3.93. The molecule has 22 heavy (non-hydrogen) atoms. The van der Waals surface area contributed by atoms with Gasteiger partial charge in [0.05, 0.1) is 0 Å². The van der Waals surface area contributed by atoms with Crippen LogP contribution >= 0.6 is 0 Å². The van der Waals surface area contributed by atoms with Gasteiger partial charge in [-0.25, -0.2) is 0 Å². The van der Waals surface area contributed by atoms with Crippen molar-refractivity contribution in [1.29, 1.82) is 0 Å². The minimum Gasteiger partial charge on any atom is -0.372 e. The van der Waals surface area contributed by atoms with Gasteiger partial charge in [-0.05, 0) is 55.2 Å². The van der Waals surface area contributed by atoms with Gasteiger partial charge in [0.2, 0.25) is 0 Å². The minimum atomic E-state index is -0.321. The number of nitrogens with zero attached hydrogens (tertiary/aromatic N) is 1. The van der Waals surface area contributed by atoms with Crippen molar-refractivity contribution in [2.75, 3.05) is 25.0 Å². The molecule has 0 atom stereocenters. The normalized spacial score (nSPS) is 23.9. The molecule has 0 amide bonds. The van der Waals surface area contributed by atoms with E-state index < -0.39 is 0 Å². The Morgan fingerprint density at radius 3 is 2.64 bits per heavy atom. The highest BCUT2D eigenvalue weighted by atomic mass is 16.1. The van der Waals surface area contributed by atoms with Crippen molar-refractivity contribution in [2.45, 2.75) is 51.0 Å². The van der Waals surface area contributed by atoms with Crippen molar-refractivity contribution in [3.05, 3.63) is 29.3 Å². The van der Waals surface area contributed by atoms with E-state index in [0.29, 0.717) is 11.7 Å². The number of hydrogen-bond donors (Lipinski definition) is 1. The predicted molar refractivity (Wildman–Crippen MR) is 89.6 cm³/mol. The second kappa shape index (κ2) is 5.09.